The van der Waals surface area contributed by atoms with Crippen LogP contribution in [0.15, 0.2) is 6.33 Å². The molecule has 0 bridgehead atoms. The van der Waals surface area contributed by atoms with Crippen molar-refractivity contribution in [2.45, 2.75) is 46.1 Å². The predicted molar refractivity (Wildman–Crippen MR) is 82.5 cm³/mol. The molecule has 1 aliphatic heterocycles. The van der Waals surface area contributed by atoms with Crippen molar-refractivity contribution in [1.29, 1.82) is 0 Å². The van der Waals surface area contributed by atoms with Crippen molar-refractivity contribution in [3.8, 4) is 0 Å². The van der Waals surface area contributed by atoms with Gasteiger partial charge in [0.15, 0.2) is 0 Å². The van der Waals surface area contributed by atoms with Crippen molar-refractivity contribution >= 4 is 11.6 Å². The van der Waals surface area contributed by atoms with E-state index in [1.165, 1.54) is 5.56 Å². The number of nitrogens with one attached hydrogen (secondary N) is 1. The van der Waals surface area contributed by atoms with Gasteiger partial charge in [-0.25, -0.2) is 9.97 Å². The second-order valence-corrected chi connectivity index (χ2v) is 5.63. The zero-order valence-corrected chi connectivity index (χ0v) is 13.0. The minimum atomic E-state index is 0.245. The second kappa shape index (κ2) is 6.88. The Labute approximate surface area is 121 Å². The van der Waals surface area contributed by atoms with Crippen LogP contribution >= 0.6 is 0 Å². The first-order valence-corrected chi connectivity index (χ1v) is 7.58. The lowest BCUT2D eigenvalue weighted by atomic mass is 10.0. The van der Waals surface area contributed by atoms with Crippen LogP contribution in [0, 0.1) is 0 Å². The molecule has 5 nitrogen and oxygen atoms in total. The first-order valence-electron chi connectivity index (χ1n) is 7.58. The largest absolute Gasteiger partial charge is 0.377 e. The normalized spacial score (nSPS) is 20.1. The first kappa shape index (κ1) is 15.0. The third-order valence-corrected chi connectivity index (χ3v) is 3.54. The Balaban J connectivity index is 2.36. The summed E-state index contributed by atoms with van der Waals surface area (Å²) >= 11 is 0. The van der Waals surface area contributed by atoms with Gasteiger partial charge in [0.05, 0.1) is 6.10 Å². The highest BCUT2D eigenvalue weighted by atomic mass is 16.5. The molecule has 112 valence electrons. The molecule has 5 heteroatoms. The van der Waals surface area contributed by atoms with Crippen molar-refractivity contribution in [3.05, 3.63) is 11.9 Å². The number of rotatable bonds is 4. The maximum atomic E-state index is 5.73. The van der Waals surface area contributed by atoms with Crippen molar-refractivity contribution in [1.82, 2.24) is 9.97 Å². The minimum Gasteiger partial charge on any atom is -0.377 e. The zero-order chi connectivity index (χ0) is 14.5. The van der Waals surface area contributed by atoms with Gasteiger partial charge in [-0.1, -0.05) is 13.8 Å². The highest BCUT2D eigenvalue weighted by molar-refractivity contribution is 5.60. The molecule has 0 saturated carbocycles. The van der Waals surface area contributed by atoms with Gasteiger partial charge in [-0.3, -0.25) is 0 Å². The van der Waals surface area contributed by atoms with Gasteiger partial charge in [0, 0.05) is 31.8 Å². The van der Waals surface area contributed by atoms with E-state index in [4.69, 9.17) is 4.74 Å². The number of anilines is 2. The fourth-order valence-electron chi connectivity index (χ4n) is 2.66. The minimum absolute atomic E-state index is 0.245. The number of ether oxygens (including phenoxy) is 1. The summed E-state index contributed by atoms with van der Waals surface area (Å²) in [6.45, 7) is 12.2. The number of hydrogen-bond donors (Lipinski definition) is 1. The average Bonchev–Trinajstić information content (AvgIpc) is 2.63. The number of hydrogen-bond acceptors (Lipinski definition) is 5. The molecule has 0 aliphatic carbocycles. The molecule has 0 spiro atoms. The summed E-state index contributed by atoms with van der Waals surface area (Å²) in [6, 6.07) is 0. The van der Waals surface area contributed by atoms with Gasteiger partial charge in [0.2, 0.25) is 0 Å². The smallest absolute Gasteiger partial charge is 0.137 e. The highest BCUT2D eigenvalue weighted by Crippen LogP contribution is 2.31. The van der Waals surface area contributed by atoms with Gasteiger partial charge in [0.1, 0.15) is 18.0 Å². The van der Waals surface area contributed by atoms with Crippen LogP contribution in [-0.4, -0.2) is 42.3 Å². The lowest BCUT2D eigenvalue weighted by molar-refractivity contribution is 0.0820. The highest BCUT2D eigenvalue weighted by Gasteiger charge is 2.22. The molecule has 2 rings (SSSR count). The van der Waals surface area contributed by atoms with E-state index in [2.05, 4.69) is 47.9 Å². The number of nitrogens with zero attached hydrogens (tertiary/aromatic N) is 3. The summed E-state index contributed by atoms with van der Waals surface area (Å²) in [5.74, 6) is 2.41. The molecule has 2 heterocycles. The molecule has 1 unspecified atom stereocenters. The van der Waals surface area contributed by atoms with E-state index < -0.39 is 0 Å². The molecule has 1 atom stereocenters. The Morgan fingerprint density at radius 3 is 2.95 bits per heavy atom. The molecule has 1 saturated heterocycles. The molecule has 1 aromatic heterocycles. The van der Waals surface area contributed by atoms with Crippen molar-refractivity contribution < 1.29 is 4.74 Å². The summed E-state index contributed by atoms with van der Waals surface area (Å²) in [7, 11) is 0. The molecular formula is C15H26N4O. The Hall–Kier alpha value is -1.36. The van der Waals surface area contributed by atoms with Gasteiger partial charge in [-0.2, -0.15) is 0 Å². The van der Waals surface area contributed by atoms with Gasteiger partial charge in [0.25, 0.3) is 0 Å². The average molecular weight is 278 g/mol. The maximum absolute atomic E-state index is 5.73. The van der Waals surface area contributed by atoms with E-state index in [0.717, 1.165) is 44.3 Å². The summed E-state index contributed by atoms with van der Waals surface area (Å²) in [5.41, 5.74) is 1.21. The van der Waals surface area contributed by atoms with E-state index in [9.17, 15) is 0 Å². The van der Waals surface area contributed by atoms with Gasteiger partial charge < -0.3 is 15.0 Å². The molecule has 1 N–H and O–H groups in total. The Morgan fingerprint density at radius 2 is 2.25 bits per heavy atom. The van der Waals surface area contributed by atoms with Crippen molar-refractivity contribution in [2.24, 2.45) is 0 Å². The van der Waals surface area contributed by atoms with Crippen LogP contribution in [0.5, 0.6) is 0 Å². The van der Waals surface area contributed by atoms with Crippen LogP contribution < -0.4 is 10.2 Å². The molecule has 0 radical (unpaired) electrons. The fraction of sp³-hybridized carbons (Fsp3) is 0.733. The van der Waals surface area contributed by atoms with Crippen molar-refractivity contribution in [2.75, 3.05) is 36.5 Å². The van der Waals surface area contributed by atoms with E-state index >= 15 is 0 Å². The second-order valence-electron chi connectivity index (χ2n) is 5.63. The van der Waals surface area contributed by atoms with E-state index in [-0.39, 0.29) is 6.10 Å². The van der Waals surface area contributed by atoms with E-state index in [0.29, 0.717) is 5.92 Å². The van der Waals surface area contributed by atoms with Crippen LogP contribution in [0.1, 0.15) is 45.6 Å². The van der Waals surface area contributed by atoms with Crippen LogP contribution in [-0.2, 0) is 4.74 Å². The third kappa shape index (κ3) is 3.39. The Kier molecular flexibility index (Phi) is 5.17. The fourth-order valence-corrected chi connectivity index (χ4v) is 2.66. The van der Waals surface area contributed by atoms with Crippen LogP contribution in [0.25, 0.3) is 0 Å². The topological polar surface area (TPSA) is 50.3 Å². The molecule has 0 amide bonds. The summed E-state index contributed by atoms with van der Waals surface area (Å²) < 4.78 is 5.73. The lowest BCUT2D eigenvalue weighted by Crippen LogP contribution is -2.32. The Morgan fingerprint density at radius 1 is 1.45 bits per heavy atom. The quantitative estimate of drug-likeness (QED) is 0.917. The van der Waals surface area contributed by atoms with Crippen molar-refractivity contribution in [3.63, 3.8) is 0 Å². The van der Waals surface area contributed by atoms with E-state index in [1.54, 1.807) is 6.33 Å². The summed E-state index contributed by atoms with van der Waals surface area (Å²) in [5, 5.41) is 3.35. The standard InChI is InChI=1S/C15H26N4O/c1-5-16-14-13(11(2)3)15(18-10-17-14)19-7-6-8-20-12(4)9-19/h10-12H,5-9H2,1-4H3,(H,16,17,18). The van der Waals surface area contributed by atoms with E-state index in [1.807, 2.05) is 0 Å². The zero-order valence-electron chi connectivity index (χ0n) is 13.0. The molecule has 20 heavy (non-hydrogen) atoms. The van der Waals surface area contributed by atoms with Gasteiger partial charge in [-0.05, 0) is 26.2 Å². The maximum Gasteiger partial charge on any atom is 0.137 e. The third-order valence-electron chi connectivity index (χ3n) is 3.54. The van der Waals surface area contributed by atoms with Crippen LogP contribution in [0.3, 0.4) is 0 Å². The Bertz CT molecular complexity index is 436. The molecule has 1 aromatic rings. The van der Waals surface area contributed by atoms with Crippen LogP contribution in [0.2, 0.25) is 0 Å². The predicted octanol–water partition coefficient (Wildman–Crippen LogP) is 2.65. The monoisotopic (exact) mass is 278 g/mol. The first-order chi connectivity index (χ1) is 9.63. The molecule has 1 aliphatic rings. The van der Waals surface area contributed by atoms with Crippen LogP contribution in [0.4, 0.5) is 11.6 Å². The lowest BCUT2D eigenvalue weighted by Gasteiger charge is -2.27. The molecular weight excluding hydrogens is 252 g/mol. The summed E-state index contributed by atoms with van der Waals surface area (Å²) in [4.78, 5) is 11.3. The summed E-state index contributed by atoms with van der Waals surface area (Å²) in [6.07, 6.45) is 2.95. The van der Waals surface area contributed by atoms with Gasteiger partial charge >= 0.3 is 0 Å². The molecule has 0 aromatic carbocycles. The number of aromatic nitrogens is 2. The molecule has 1 fully saturated rings. The SMILES string of the molecule is CCNc1ncnc(N2CCCOC(C)C2)c1C(C)C. The van der Waals surface area contributed by atoms with Gasteiger partial charge in [-0.15, -0.1) is 0 Å².